The summed E-state index contributed by atoms with van der Waals surface area (Å²) in [4.78, 5) is 33.1. The summed E-state index contributed by atoms with van der Waals surface area (Å²) in [6.07, 6.45) is 12.3. The molecule has 0 unspecified atom stereocenters. The Morgan fingerprint density at radius 2 is 1.82 bits per heavy atom. The monoisotopic (exact) mass is 388 g/mol. The minimum Gasteiger partial charge on any atom is -0.481 e. The van der Waals surface area contributed by atoms with E-state index >= 15 is 0 Å². The van der Waals surface area contributed by atoms with Gasteiger partial charge in [0.25, 0.3) is 5.97 Å². The number of aliphatic hydroxyl groups excluding tert-OH is 1. The molecule has 2 fully saturated rings. The van der Waals surface area contributed by atoms with Gasteiger partial charge in [0.05, 0.1) is 0 Å². The van der Waals surface area contributed by atoms with Crippen LogP contribution in [0.3, 0.4) is 0 Å². The van der Waals surface area contributed by atoms with E-state index in [-0.39, 0.29) is 34.9 Å². The van der Waals surface area contributed by atoms with Crippen LogP contribution in [0.5, 0.6) is 0 Å². The molecular formula is C23H32O5. The van der Waals surface area contributed by atoms with Crippen LogP contribution in [0.1, 0.15) is 59.3 Å². The molecule has 4 aliphatic rings. The zero-order chi connectivity index (χ0) is 20.7. The van der Waals surface area contributed by atoms with Crippen molar-refractivity contribution in [3.8, 4) is 0 Å². The number of ketones is 2. The molecule has 4 aliphatic carbocycles. The molecule has 0 bridgehead atoms. The zero-order valence-corrected chi connectivity index (χ0v) is 17.1. The molecule has 6 atom stereocenters. The van der Waals surface area contributed by atoms with Gasteiger partial charge in [-0.2, -0.15) is 0 Å². The number of fused-ring (bicyclic) bond motifs is 5. The number of hydrogen-bond donors (Lipinski definition) is 2. The lowest BCUT2D eigenvalue weighted by molar-refractivity contribution is -0.134. The van der Waals surface area contributed by atoms with Crippen molar-refractivity contribution in [3.63, 3.8) is 0 Å². The van der Waals surface area contributed by atoms with Crippen molar-refractivity contribution < 1.29 is 24.6 Å². The Kier molecular flexibility index (Phi) is 5.68. The Morgan fingerprint density at radius 3 is 2.46 bits per heavy atom. The minimum absolute atomic E-state index is 0.0273. The van der Waals surface area contributed by atoms with Gasteiger partial charge in [-0.1, -0.05) is 26.0 Å². The second-order valence-corrected chi connectivity index (χ2v) is 9.45. The summed E-state index contributed by atoms with van der Waals surface area (Å²) in [6.45, 7) is 5.40. The molecule has 0 radical (unpaired) electrons. The molecule has 2 saturated carbocycles. The Bertz CT molecular complexity index is 731. The van der Waals surface area contributed by atoms with Crippen LogP contribution in [-0.4, -0.2) is 34.4 Å². The molecule has 0 aliphatic heterocycles. The molecule has 4 rings (SSSR count). The molecular weight excluding hydrogens is 356 g/mol. The summed E-state index contributed by atoms with van der Waals surface area (Å²) in [5, 5.41) is 16.8. The number of carbonyl (C=O) groups is 3. The Balaban J connectivity index is 0.000000516. The van der Waals surface area contributed by atoms with E-state index in [0.717, 1.165) is 39.0 Å². The van der Waals surface area contributed by atoms with Crippen molar-refractivity contribution in [1.29, 1.82) is 0 Å². The van der Waals surface area contributed by atoms with Gasteiger partial charge in [-0.3, -0.25) is 14.4 Å². The summed E-state index contributed by atoms with van der Waals surface area (Å²) in [6, 6.07) is 0. The highest BCUT2D eigenvalue weighted by atomic mass is 16.4. The van der Waals surface area contributed by atoms with E-state index < -0.39 is 5.97 Å². The Labute approximate surface area is 166 Å². The molecule has 28 heavy (non-hydrogen) atoms. The summed E-state index contributed by atoms with van der Waals surface area (Å²) >= 11 is 0. The molecule has 0 amide bonds. The summed E-state index contributed by atoms with van der Waals surface area (Å²) in [5.41, 5.74) is 1.38. The van der Waals surface area contributed by atoms with Gasteiger partial charge in [-0.25, -0.2) is 0 Å². The van der Waals surface area contributed by atoms with Crippen LogP contribution in [0.4, 0.5) is 0 Å². The summed E-state index contributed by atoms with van der Waals surface area (Å²) in [5.74, 6) is 1.12. The highest BCUT2D eigenvalue weighted by Crippen LogP contribution is 2.65. The van der Waals surface area contributed by atoms with Crippen LogP contribution < -0.4 is 0 Å². The van der Waals surface area contributed by atoms with Crippen LogP contribution in [0.15, 0.2) is 23.8 Å². The zero-order valence-electron chi connectivity index (χ0n) is 17.1. The second-order valence-electron chi connectivity index (χ2n) is 9.45. The third-order valence-corrected chi connectivity index (χ3v) is 8.06. The van der Waals surface area contributed by atoms with E-state index in [0.29, 0.717) is 24.2 Å². The highest BCUT2D eigenvalue weighted by molar-refractivity contribution is 5.92. The van der Waals surface area contributed by atoms with E-state index in [9.17, 15) is 14.7 Å². The molecule has 5 nitrogen and oxygen atoms in total. The maximum atomic E-state index is 12.2. The van der Waals surface area contributed by atoms with Gasteiger partial charge in [-0.05, 0) is 72.3 Å². The number of carbonyl (C=O) groups excluding carboxylic acids is 2. The largest absolute Gasteiger partial charge is 0.481 e. The topological polar surface area (TPSA) is 91.7 Å². The SMILES string of the molecule is CC(=O)O.C[C@]12CC[C@H]3[C@@H](C=CC4=CC(=O)CC[C@@]43C)[C@@H]1CC[C@@H]2C(=O)CO. The van der Waals surface area contributed by atoms with E-state index in [1.54, 1.807) is 0 Å². The van der Waals surface area contributed by atoms with Gasteiger partial charge in [0.1, 0.15) is 6.61 Å². The van der Waals surface area contributed by atoms with E-state index in [2.05, 4.69) is 26.0 Å². The predicted molar refractivity (Wildman–Crippen MR) is 106 cm³/mol. The van der Waals surface area contributed by atoms with Crippen LogP contribution in [0, 0.1) is 34.5 Å². The summed E-state index contributed by atoms with van der Waals surface area (Å²) in [7, 11) is 0. The molecule has 0 aromatic carbocycles. The molecule has 5 heteroatoms. The van der Waals surface area contributed by atoms with Crippen LogP contribution in [0.2, 0.25) is 0 Å². The molecule has 0 spiro atoms. The molecule has 0 heterocycles. The van der Waals surface area contributed by atoms with Crippen molar-refractivity contribution in [2.24, 2.45) is 34.5 Å². The van der Waals surface area contributed by atoms with Crippen molar-refractivity contribution >= 4 is 17.5 Å². The summed E-state index contributed by atoms with van der Waals surface area (Å²) < 4.78 is 0. The fourth-order valence-electron chi connectivity index (χ4n) is 6.64. The second kappa shape index (κ2) is 7.58. The first-order valence-electron chi connectivity index (χ1n) is 10.4. The van der Waals surface area contributed by atoms with E-state index in [1.807, 2.05) is 6.08 Å². The molecule has 0 saturated heterocycles. The number of aliphatic hydroxyl groups is 1. The predicted octanol–water partition coefficient (Wildman–Crippen LogP) is 3.56. The first-order valence-corrected chi connectivity index (χ1v) is 10.4. The number of rotatable bonds is 2. The first kappa shape index (κ1) is 21.0. The molecule has 154 valence electrons. The van der Waals surface area contributed by atoms with Crippen molar-refractivity contribution in [1.82, 2.24) is 0 Å². The molecule has 0 aromatic rings. The highest BCUT2D eigenvalue weighted by Gasteiger charge is 2.59. The third kappa shape index (κ3) is 3.38. The number of Topliss-reactive ketones (excluding diaryl/α,β-unsaturated/α-hetero) is 1. The normalized spacial score (nSPS) is 41.0. The molecule has 2 N–H and O–H groups in total. The van der Waals surface area contributed by atoms with E-state index in [4.69, 9.17) is 9.90 Å². The van der Waals surface area contributed by atoms with E-state index in [1.165, 1.54) is 5.57 Å². The smallest absolute Gasteiger partial charge is 0.300 e. The van der Waals surface area contributed by atoms with Crippen LogP contribution >= 0.6 is 0 Å². The van der Waals surface area contributed by atoms with Gasteiger partial charge >= 0.3 is 0 Å². The maximum absolute atomic E-state index is 12.2. The Hall–Kier alpha value is -1.75. The van der Waals surface area contributed by atoms with Crippen molar-refractivity contribution in [2.45, 2.75) is 59.3 Å². The molecule has 0 aromatic heterocycles. The van der Waals surface area contributed by atoms with Crippen LogP contribution in [0.25, 0.3) is 0 Å². The fourth-order valence-corrected chi connectivity index (χ4v) is 6.64. The number of carboxylic acids is 1. The van der Waals surface area contributed by atoms with Gasteiger partial charge in [0, 0.05) is 19.3 Å². The lowest BCUT2D eigenvalue weighted by atomic mass is 9.48. The average Bonchev–Trinajstić information content (AvgIpc) is 2.98. The lowest BCUT2D eigenvalue weighted by Crippen LogP contribution is -2.49. The maximum Gasteiger partial charge on any atom is 0.300 e. The Morgan fingerprint density at radius 1 is 1.14 bits per heavy atom. The fraction of sp³-hybridized carbons (Fsp3) is 0.696. The first-order chi connectivity index (χ1) is 13.1. The number of hydrogen-bond acceptors (Lipinski definition) is 4. The quantitative estimate of drug-likeness (QED) is 0.755. The van der Waals surface area contributed by atoms with Crippen LogP contribution in [-0.2, 0) is 14.4 Å². The van der Waals surface area contributed by atoms with Gasteiger partial charge < -0.3 is 10.2 Å². The van der Waals surface area contributed by atoms with Crippen molar-refractivity contribution in [3.05, 3.63) is 23.8 Å². The standard InChI is InChI=1S/C21H28O3.C2H4O2/c1-20-9-7-14(23)11-13(20)3-4-15-16-5-6-18(19(24)12-22)21(16,2)10-8-17(15)20;1-2(3)4/h3-4,11,15-18,22H,5-10,12H2,1-2H3;1H3,(H,3,4)/t15-,16-,17-,18+,20-,21-;/m0./s1. The minimum atomic E-state index is -0.833. The van der Waals surface area contributed by atoms with Gasteiger partial charge in [-0.15, -0.1) is 0 Å². The van der Waals surface area contributed by atoms with Crippen molar-refractivity contribution in [2.75, 3.05) is 6.61 Å². The lowest BCUT2D eigenvalue weighted by Gasteiger charge is -2.55. The number of allylic oxidation sites excluding steroid dienone is 4. The third-order valence-electron chi connectivity index (χ3n) is 8.06. The number of aliphatic carboxylic acids is 1. The van der Waals surface area contributed by atoms with Gasteiger partial charge in [0.2, 0.25) is 0 Å². The average molecular weight is 389 g/mol. The van der Waals surface area contributed by atoms with Gasteiger partial charge in [0.15, 0.2) is 11.6 Å². The number of carboxylic acid groups (broad SMARTS) is 1.